The van der Waals surface area contributed by atoms with Gasteiger partial charge in [0.25, 0.3) is 5.91 Å². The molecule has 3 heterocycles. The van der Waals surface area contributed by atoms with Crippen molar-refractivity contribution in [3.8, 4) is 11.8 Å². The van der Waals surface area contributed by atoms with Crippen molar-refractivity contribution in [2.24, 2.45) is 5.73 Å². The molecule has 0 bridgehead atoms. The van der Waals surface area contributed by atoms with E-state index in [0.717, 1.165) is 5.52 Å². The van der Waals surface area contributed by atoms with Crippen molar-refractivity contribution in [1.82, 2.24) is 24.9 Å². The number of fused-ring (bicyclic) bond motifs is 1. The first-order valence-corrected chi connectivity index (χ1v) is 11.8. The molecule has 2 amide bonds. The molecule has 0 radical (unpaired) electrons. The molecule has 1 saturated carbocycles. The van der Waals surface area contributed by atoms with E-state index >= 15 is 0 Å². The van der Waals surface area contributed by atoms with E-state index in [2.05, 4.69) is 40.1 Å². The fraction of sp³-hybridized carbons (Fsp3) is 0.385. The summed E-state index contributed by atoms with van der Waals surface area (Å²) in [7, 11) is 3.21. The molecule has 2 aromatic rings. The van der Waals surface area contributed by atoms with Crippen LogP contribution in [0.4, 0.5) is 0 Å². The number of methoxy groups -OCH3 is 1. The lowest BCUT2D eigenvalue weighted by Crippen LogP contribution is -2.40. The largest absolute Gasteiger partial charge is 0.383 e. The van der Waals surface area contributed by atoms with E-state index in [0.29, 0.717) is 31.2 Å². The minimum Gasteiger partial charge on any atom is -0.383 e. The third-order valence-corrected chi connectivity index (χ3v) is 6.52. The second kappa shape index (κ2) is 10.7. The predicted molar refractivity (Wildman–Crippen MR) is 136 cm³/mol. The number of nitrogens with two attached hydrogens (primary N) is 1. The number of ether oxygens (including phenoxy) is 1. The lowest BCUT2D eigenvalue weighted by atomic mass is 10.1. The van der Waals surface area contributed by atoms with Crippen molar-refractivity contribution < 1.29 is 14.3 Å². The van der Waals surface area contributed by atoms with Gasteiger partial charge in [0.1, 0.15) is 23.4 Å². The molecule has 10 heteroatoms. The maximum Gasteiger partial charge on any atom is 0.255 e. The summed E-state index contributed by atoms with van der Waals surface area (Å²) in [5.41, 5.74) is 8.31. The lowest BCUT2D eigenvalue weighted by molar-refractivity contribution is -0.127. The molecule has 0 spiro atoms. The molecule has 2 aliphatic rings. The molecule has 2 aromatic heterocycles. The molecule has 2 atom stereocenters. The van der Waals surface area contributed by atoms with Gasteiger partial charge in [0.2, 0.25) is 5.91 Å². The highest BCUT2D eigenvalue weighted by Gasteiger charge is 2.35. The Balaban J connectivity index is 1.58. The van der Waals surface area contributed by atoms with Crippen LogP contribution in [0.25, 0.3) is 5.52 Å². The number of rotatable bonds is 9. The van der Waals surface area contributed by atoms with Crippen LogP contribution in [0, 0.1) is 17.3 Å². The van der Waals surface area contributed by atoms with Gasteiger partial charge in [-0.2, -0.15) is 0 Å². The number of amides is 2. The maximum absolute atomic E-state index is 12.4. The van der Waals surface area contributed by atoms with Gasteiger partial charge in [0, 0.05) is 26.7 Å². The van der Waals surface area contributed by atoms with Crippen LogP contribution in [0.15, 0.2) is 48.7 Å². The standard InChI is InChI=1S/C26H31N7O3/c1-4-23(34)32-13-17(11-19(32)14-36-3)31-26(29-2)24(25(28)35)21(27)10-8-18-7-9-20(16-5-6-16)22-12-30-15-33(18)22/h4,7,9,12,15-17,19,27,29,31H,1,5-6,11,13-14H2,2-3H3,(H2,28,35)/b26-24+,27-21?/t17-,19+/m0/s1. The zero-order valence-corrected chi connectivity index (χ0v) is 20.5. The number of hydrogen-bond donors (Lipinski definition) is 4. The number of pyridine rings is 1. The molecule has 4 rings (SSSR count). The Morgan fingerprint density at radius 2 is 2.17 bits per heavy atom. The smallest absolute Gasteiger partial charge is 0.255 e. The van der Waals surface area contributed by atoms with Gasteiger partial charge in [-0.3, -0.25) is 19.4 Å². The van der Waals surface area contributed by atoms with Crippen LogP contribution in [0.1, 0.15) is 36.4 Å². The summed E-state index contributed by atoms with van der Waals surface area (Å²) in [5, 5.41) is 14.7. The number of carbonyl (C=O) groups excluding carboxylic acids is 2. The van der Waals surface area contributed by atoms with Crippen molar-refractivity contribution in [2.45, 2.75) is 37.3 Å². The molecule has 188 valence electrons. The minimum atomic E-state index is -0.784. The first-order valence-electron chi connectivity index (χ1n) is 11.8. The molecule has 5 N–H and O–H groups in total. The van der Waals surface area contributed by atoms with E-state index in [1.54, 1.807) is 25.4 Å². The highest BCUT2D eigenvalue weighted by Crippen LogP contribution is 2.42. The van der Waals surface area contributed by atoms with Crippen molar-refractivity contribution in [2.75, 3.05) is 27.3 Å². The average molecular weight is 490 g/mol. The number of hydrogen-bond acceptors (Lipinski definition) is 7. The Morgan fingerprint density at radius 3 is 2.81 bits per heavy atom. The minimum absolute atomic E-state index is 0.0572. The Morgan fingerprint density at radius 1 is 1.39 bits per heavy atom. The van der Waals surface area contributed by atoms with E-state index in [4.69, 9.17) is 15.9 Å². The van der Waals surface area contributed by atoms with E-state index in [1.165, 1.54) is 24.5 Å². The van der Waals surface area contributed by atoms with Crippen molar-refractivity contribution in [3.63, 3.8) is 0 Å². The molecule has 36 heavy (non-hydrogen) atoms. The van der Waals surface area contributed by atoms with Crippen molar-refractivity contribution in [1.29, 1.82) is 5.41 Å². The van der Waals surface area contributed by atoms with Crippen LogP contribution < -0.4 is 16.4 Å². The second-order valence-corrected chi connectivity index (χ2v) is 8.97. The fourth-order valence-electron chi connectivity index (χ4n) is 4.67. The van der Waals surface area contributed by atoms with Gasteiger partial charge in [-0.05, 0) is 54.7 Å². The third kappa shape index (κ3) is 5.11. The normalized spacial score (nSPS) is 19.8. The summed E-state index contributed by atoms with van der Waals surface area (Å²) in [6.07, 6.45) is 7.74. The molecule has 0 unspecified atom stereocenters. The monoisotopic (exact) mass is 489 g/mol. The Labute approximate surface area is 210 Å². The topological polar surface area (TPSA) is 138 Å². The van der Waals surface area contributed by atoms with Crippen LogP contribution in [0.2, 0.25) is 0 Å². The first-order chi connectivity index (χ1) is 17.4. The molecular formula is C26H31N7O3. The fourth-order valence-corrected chi connectivity index (χ4v) is 4.67. The van der Waals surface area contributed by atoms with Crippen LogP contribution >= 0.6 is 0 Å². The van der Waals surface area contributed by atoms with Crippen molar-refractivity contribution >= 4 is 23.0 Å². The van der Waals surface area contributed by atoms with E-state index in [1.807, 2.05) is 16.7 Å². The van der Waals surface area contributed by atoms with Gasteiger partial charge >= 0.3 is 0 Å². The summed E-state index contributed by atoms with van der Waals surface area (Å²) < 4.78 is 7.16. The molecular weight excluding hydrogens is 458 g/mol. The van der Waals surface area contributed by atoms with Gasteiger partial charge in [-0.15, -0.1) is 0 Å². The quantitative estimate of drug-likeness (QED) is 0.235. The van der Waals surface area contributed by atoms with Gasteiger partial charge in [-0.25, -0.2) is 4.98 Å². The Kier molecular flexibility index (Phi) is 7.41. The van der Waals surface area contributed by atoms with Crippen LogP contribution in [0.3, 0.4) is 0 Å². The third-order valence-electron chi connectivity index (χ3n) is 6.52. The number of nitrogens with zero attached hydrogens (tertiary/aromatic N) is 3. The average Bonchev–Trinajstić information content (AvgIpc) is 3.44. The highest BCUT2D eigenvalue weighted by atomic mass is 16.5. The van der Waals surface area contributed by atoms with Gasteiger partial charge in [0.05, 0.1) is 30.1 Å². The molecule has 10 nitrogen and oxygen atoms in total. The molecule has 2 fully saturated rings. The number of primary amides is 1. The van der Waals surface area contributed by atoms with E-state index < -0.39 is 5.91 Å². The van der Waals surface area contributed by atoms with Gasteiger partial charge in [-0.1, -0.05) is 12.6 Å². The zero-order chi connectivity index (χ0) is 25.8. The van der Waals surface area contributed by atoms with E-state index in [9.17, 15) is 9.59 Å². The zero-order valence-electron chi connectivity index (χ0n) is 20.5. The maximum atomic E-state index is 12.4. The SMILES string of the molecule is C=CC(=O)N1C[C@@H](N/C(NC)=C(\C(=N)C#Cc2ccc(C3CC3)c3cncn23)C(N)=O)C[C@@H]1COC. The van der Waals surface area contributed by atoms with Gasteiger partial charge in [0.15, 0.2) is 0 Å². The molecule has 1 aliphatic carbocycles. The predicted octanol–water partition coefficient (Wildman–Crippen LogP) is 0.891. The number of nitrogens with one attached hydrogen (secondary N) is 3. The van der Waals surface area contributed by atoms with Gasteiger partial charge < -0.3 is 26.0 Å². The first kappa shape index (κ1) is 25.0. The summed E-state index contributed by atoms with van der Waals surface area (Å²) >= 11 is 0. The highest BCUT2D eigenvalue weighted by molar-refractivity contribution is 6.27. The number of imidazole rings is 1. The molecule has 0 aromatic carbocycles. The van der Waals surface area contributed by atoms with Crippen LogP contribution in [-0.2, 0) is 14.3 Å². The Hall–Kier alpha value is -4.10. The van der Waals surface area contributed by atoms with Crippen LogP contribution in [0.5, 0.6) is 0 Å². The summed E-state index contributed by atoms with van der Waals surface area (Å²) in [6, 6.07) is 3.64. The van der Waals surface area contributed by atoms with Crippen molar-refractivity contribution in [3.05, 3.63) is 60.0 Å². The molecule has 1 aliphatic heterocycles. The number of aromatic nitrogens is 2. The number of likely N-dealkylation sites (tertiary alicyclic amines) is 1. The van der Waals surface area contributed by atoms with E-state index in [-0.39, 0.29) is 35.1 Å². The van der Waals surface area contributed by atoms with Crippen LogP contribution in [-0.4, -0.2) is 71.2 Å². The molecule has 1 saturated heterocycles. The summed E-state index contributed by atoms with van der Waals surface area (Å²) in [6.45, 7) is 4.34. The summed E-state index contributed by atoms with van der Waals surface area (Å²) in [4.78, 5) is 30.6. The number of carbonyl (C=O) groups is 2. The Bertz CT molecular complexity index is 1300. The second-order valence-electron chi connectivity index (χ2n) is 8.97. The lowest BCUT2D eigenvalue weighted by Gasteiger charge is -2.22. The summed E-state index contributed by atoms with van der Waals surface area (Å²) in [5.74, 6) is 5.65.